The fourth-order valence-electron chi connectivity index (χ4n) is 2.19. The third-order valence-electron chi connectivity index (χ3n) is 3.40. The Hall–Kier alpha value is -1.40. The largest absolute Gasteiger partial charge is 0.367 e. The molecule has 0 aliphatic heterocycles. The average Bonchev–Trinajstić information content (AvgIpc) is 2.86. The first-order valence-electron chi connectivity index (χ1n) is 7.04. The first kappa shape index (κ1) is 15.0. The van der Waals surface area contributed by atoms with E-state index in [1.807, 2.05) is 4.57 Å². The number of nitrogens with one attached hydrogen (secondary N) is 1. The van der Waals surface area contributed by atoms with Crippen LogP contribution in [0.1, 0.15) is 20.8 Å². The van der Waals surface area contributed by atoms with Crippen molar-refractivity contribution in [3.63, 3.8) is 0 Å². The summed E-state index contributed by atoms with van der Waals surface area (Å²) >= 11 is 5.95. The van der Waals surface area contributed by atoms with Crippen molar-refractivity contribution in [3.8, 4) is 0 Å². The number of aromatic nitrogens is 4. The van der Waals surface area contributed by atoms with Crippen LogP contribution >= 0.6 is 11.6 Å². The second-order valence-electron chi connectivity index (χ2n) is 4.50. The van der Waals surface area contributed by atoms with Gasteiger partial charge in [-0.2, -0.15) is 9.97 Å². The number of anilines is 1. The summed E-state index contributed by atoms with van der Waals surface area (Å²) in [5.41, 5.74) is 1.55. The zero-order chi connectivity index (χ0) is 14.5. The fraction of sp³-hybridized carbons (Fsp3) is 0.615. The van der Waals surface area contributed by atoms with Gasteiger partial charge in [0.1, 0.15) is 5.52 Å². The summed E-state index contributed by atoms with van der Waals surface area (Å²) in [5.74, 6) is 0.756. The molecule has 2 heterocycles. The van der Waals surface area contributed by atoms with Crippen molar-refractivity contribution < 1.29 is 0 Å². The predicted molar refractivity (Wildman–Crippen MR) is 82.3 cm³/mol. The molecule has 0 atom stereocenters. The molecule has 2 aromatic heterocycles. The Morgan fingerprint density at radius 2 is 2.00 bits per heavy atom. The van der Waals surface area contributed by atoms with E-state index < -0.39 is 0 Å². The first-order chi connectivity index (χ1) is 9.69. The average molecular weight is 297 g/mol. The van der Waals surface area contributed by atoms with Gasteiger partial charge in [0.05, 0.1) is 6.33 Å². The van der Waals surface area contributed by atoms with E-state index >= 15 is 0 Å². The maximum absolute atomic E-state index is 5.95. The van der Waals surface area contributed by atoms with Gasteiger partial charge in [-0.3, -0.25) is 0 Å². The van der Waals surface area contributed by atoms with Crippen molar-refractivity contribution in [3.05, 3.63) is 11.6 Å². The number of hydrogen-bond donors (Lipinski definition) is 1. The van der Waals surface area contributed by atoms with E-state index in [1.165, 1.54) is 0 Å². The Balaban J connectivity index is 2.18. The first-order valence-corrected chi connectivity index (χ1v) is 7.41. The molecule has 7 heteroatoms. The Morgan fingerprint density at radius 3 is 2.65 bits per heavy atom. The zero-order valence-corrected chi connectivity index (χ0v) is 13.0. The molecule has 0 spiro atoms. The highest BCUT2D eigenvalue weighted by Crippen LogP contribution is 2.21. The van der Waals surface area contributed by atoms with Crippen molar-refractivity contribution in [2.24, 2.45) is 0 Å². The van der Waals surface area contributed by atoms with Gasteiger partial charge in [-0.1, -0.05) is 13.8 Å². The van der Waals surface area contributed by atoms with Gasteiger partial charge in [0.25, 0.3) is 0 Å². The molecule has 0 bridgehead atoms. The number of fused-ring (bicyclic) bond motifs is 1. The minimum absolute atomic E-state index is 0.226. The number of rotatable bonds is 7. The highest BCUT2D eigenvalue weighted by molar-refractivity contribution is 6.28. The summed E-state index contributed by atoms with van der Waals surface area (Å²) in [7, 11) is 0. The van der Waals surface area contributed by atoms with Crippen molar-refractivity contribution >= 4 is 28.6 Å². The smallest absolute Gasteiger partial charge is 0.226 e. The summed E-state index contributed by atoms with van der Waals surface area (Å²) in [6.07, 6.45) is 1.77. The highest BCUT2D eigenvalue weighted by Gasteiger charge is 2.12. The Kier molecular flexibility index (Phi) is 5.14. The van der Waals surface area contributed by atoms with E-state index in [0.29, 0.717) is 5.65 Å². The molecule has 0 radical (unpaired) electrons. The zero-order valence-electron chi connectivity index (χ0n) is 12.2. The molecule has 0 saturated heterocycles. The number of aryl methyl sites for hydroxylation is 1. The van der Waals surface area contributed by atoms with Crippen LogP contribution in [-0.4, -0.2) is 50.6 Å². The molecular weight excluding hydrogens is 276 g/mol. The molecule has 1 N–H and O–H groups in total. The molecule has 0 aliphatic rings. The number of likely N-dealkylation sites (N-methyl/N-ethyl adjacent to an activating group) is 1. The van der Waals surface area contributed by atoms with Crippen LogP contribution in [0.25, 0.3) is 11.2 Å². The van der Waals surface area contributed by atoms with E-state index in [4.69, 9.17) is 11.6 Å². The number of nitrogens with zero attached hydrogens (tertiary/aromatic N) is 5. The van der Waals surface area contributed by atoms with Crippen molar-refractivity contribution in [2.75, 3.05) is 31.5 Å². The van der Waals surface area contributed by atoms with Crippen molar-refractivity contribution in [1.29, 1.82) is 0 Å². The fourth-order valence-corrected chi connectivity index (χ4v) is 2.35. The van der Waals surface area contributed by atoms with Crippen LogP contribution in [0.15, 0.2) is 6.33 Å². The summed E-state index contributed by atoms with van der Waals surface area (Å²) in [4.78, 5) is 15.1. The quantitative estimate of drug-likeness (QED) is 0.794. The predicted octanol–water partition coefficient (Wildman–Crippen LogP) is 2.25. The molecule has 110 valence electrons. The Bertz CT molecular complexity index is 563. The van der Waals surface area contributed by atoms with Crippen molar-refractivity contribution in [2.45, 2.75) is 27.3 Å². The number of halogens is 1. The summed E-state index contributed by atoms with van der Waals surface area (Å²) in [5, 5.41) is 3.58. The molecule has 0 fully saturated rings. The van der Waals surface area contributed by atoms with Gasteiger partial charge in [-0.25, -0.2) is 4.98 Å². The van der Waals surface area contributed by atoms with Gasteiger partial charge in [-0.15, -0.1) is 0 Å². The van der Waals surface area contributed by atoms with E-state index in [9.17, 15) is 0 Å². The van der Waals surface area contributed by atoms with Crippen LogP contribution < -0.4 is 5.32 Å². The lowest BCUT2D eigenvalue weighted by molar-refractivity contribution is 0.316. The molecule has 0 unspecified atom stereocenters. The van der Waals surface area contributed by atoms with Gasteiger partial charge < -0.3 is 14.8 Å². The van der Waals surface area contributed by atoms with Gasteiger partial charge >= 0.3 is 0 Å². The normalized spacial score (nSPS) is 11.4. The highest BCUT2D eigenvalue weighted by atomic mass is 35.5. The van der Waals surface area contributed by atoms with Crippen LogP contribution in [0.5, 0.6) is 0 Å². The monoisotopic (exact) mass is 296 g/mol. The Morgan fingerprint density at radius 1 is 1.25 bits per heavy atom. The van der Waals surface area contributed by atoms with Crippen LogP contribution in [-0.2, 0) is 6.54 Å². The maximum Gasteiger partial charge on any atom is 0.226 e. The molecule has 0 aliphatic carbocycles. The van der Waals surface area contributed by atoms with E-state index in [0.717, 1.165) is 44.1 Å². The summed E-state index contributed by atoms with van der Waals surface area (Å²) in [6.45, 7) is 11.1. The van der Waals surface area contributed by atoms with Gasteiger partial charge in [0, 0.05) is 19.6 Å². The third-order valence-corrected chi connectivity index (χ3v) is 3.57. The van der Waals surface area contributed by atoms with Crippen LogP contribution in [0.4, 0.5) is 5.82 Å². The molecular formula is C13H21ClN6. The van der Waals surface area contributed by atoms with Gasteiger partial charge in [-0.05, 0) is 31.6 Å². The van der Waals surface area contributed by atoms with E-state index in [1.54, 1.807) is 6.33 Å². The lowest BCUT2D eigenvalue weighted by Crippen LogP contribution is -2.28. The van der Waals surface area contributed by atoms with E-state index in [-0.39, 0.29) is 5.28 Å². The second kappa shape index (κ2) is 6.85. The molecule has 6 nitrogen and oxygen atoms in total. The molecule has 0 aromatic carbocycles. The van der Waals surface area contributed by atoms with Crippen molar-refractivity contribution in [1.82, 2.24) is 24.4 Å². The molecule has 20 heavy (non-hydrogen) atoms. The standard InChI is InChI=1S/C13H21ClN6/c1-4-19(5-2)8-7-15-11-10-12(18-13(14)17-11)16-9-20(10)6-3/h9H,4-8H2,1-3H3,(H,15,17,18). The van der Waals surface area contributed by atoms with Gasteiger partial charge in [0.2, 0.25) is 5.28 Å². The minimum atomic E-state index is 0.226. The third kappa shape index (κ3) is 3.19. The Labute approximate surface area is 124 Å². The van der Waals surface area contributed by atoms with E-state index in [2.05, 4.69) is 45.9 Å². The summed E-state index contributed by atoms with van der Waals surface area (Å²) < 4.78 is 2.02. The molecule has 2 rings (SSSR count). The lowest BCUT2D eigenvalue weighted by Gasteiger charge is -2.18. The van der Waals surface area contributed by atoms with Crippen LogP contribution in [0.2, 0.25) is 5.28 Å². The molecule has 0 saturated carbocycles. The summed E-state index contributed by atoms with van der Waals surface area (Å²) in [6, 6.07) is 0. The van der Waals surface area contributed by atoms with Gasteiger partial charge in [0.15, 0.2) is 11.5 Å². The SMILES string of the molecule is CCN(CC)CCNc1nc(Cl)nc2ncn(CC)c12. The number of imidazole rings is 1. The molecule has 0 amide bonds. The lowest BCUT2D eigenvalue weighted by atomic mass is 10.4. The number of hydrogen-bond acceptors (Lipinski definition) is 5. The topological polar surface area (TPSA) is 58.9 Å². The molecule has 2 aromatic rings. The maximum atomic E-state index is 5.95. The second-order valence-corrected chi connectivity index (χ2v) is 4.84. The van der Waals surface area contributed by atoms with Crippen LogP contribution in [0, 0.1) is 0 Å². The van der Waals surface area contributed by atoms with Crippen LogP contribution in [0.3, 0.4) is 0 Å². The minimum Gasteiger partial charge on any atom is -0.367 e.